The van der Waals surface area contributed by atoms with Gasteiger partial charge in [0.2, 0.25) is 5.91 Å². The quantitative estimate of drug-likeness (QED) is 0.654. The highest BCUT2D eigenvalue weighted by molar-refractivity contribution is 6.05. The highest BCUT2D eigenvalue weighted by atomic mass is 16.5. The largest absolute Gasteiger partial charge is 0.383 e. The number of carbonyl (C=O) groups is 3. The lowest BCUT2D eigenvalue weighted by Gasteiger charge is -2.09. The Hall–Kier alpha value is -3.26. The van der Waals surface area contributed by atoms with Crippen molar-refractivity contribution in [1.29, 1.82) is 0 Å². The third-order valence-corrected chi connectivity index (χ3v) is 3.29. The van der Waals surface area contributed by atoms with Gasteiger partial charge in [-0.1, -0.05) is 6.07 Å². The average molecular weight is 356 g/mol. The van der Waals surface area contributed by atoms with Crippen LogP contribution in [0.5, 0.6) is 0 Å². The van der Waals surface area contributed by atoms with Gasteiger partial charge in [-0.15, -0.1) is 0 Å². The first-order valence-electron chi connectivity index (χ1n) is 7.92. The zero-order valence-electron chi connectivity index (χ0n) is 14.5. The summed E-state index contributed by atoms with van der Waals surface area (Å²) in [7, 11) is 1.54. The molecule has 0 saturated carbocycles. The van der Waals surface area contributed by atoms with Crippen LogP contribution in [0.25, 0.3) is 0 Å². The number of anilines is 2. The Balaban J connectivity index is 2.07. The molecule has 0 aliphatic carbocycles. The van der Waals surface area contributed by atoms with Crippen LogP contribution in [-0.2, 0) is 9.53 Å². The standard InChI is InChI=1S/C18H20N4O4/c1-12(23)21-14-4-3-5-15(11-14)22-18(25)16-10-13(6-7-19-16)17(24)20-8-9-26-2/h3-7,10-11H,8-9H2,1-2H3,(H,20,24)(H,21,23)(H,22,25). The number of amides is 3. The molecule has 26 heavy (non-hydrogen) atoms. The van der Waals surface area contributed by atoms with E-state index in [2.05, 4.69) is 20.9 Å². The Morgan fingerprint density at radius 2 is 1.77 bits per heavy atom. The first-order chi connectivity index (χ1) is 12.5. The summed E-state index contributed by atoms with van der Waals surface area (Å²) in [4.78, 5) is 39.5. The van der Waals surface area contributed by atoms with Gasteiger partial charge < -0.3 is 20.7 Å². The molecule has 0 unspecified atom stereocenters. The van der Waals surface area contributed by atoms with E-state index in [1.165, 1.54) is 25.3 Å². The molecular weight excluding hydrogens is 336 g/mol. The van der Waals surface area contributed by atoms with Crippen molar-refractivity contribution in [3.8, 4) is 0 Å². The number of methoxy groups -OCH3 is 1. The summed E-state index contributed by atoms with van der Waals surface area (Å²) >= 11 is 0. The van der Waals surface area contributed by atoms with E-state index in [1.807, 2.05) is 0 Å². The van der Waals surface area contributed by atoms with Crippen molar-refractivity contribution in [3.05, 3.63) is 53.9 Å². The molecule has 0 aliphatic rings. The van der Waals surface area contributed by atoms with Crippen molar-refractivity contribution in [2.24, 2.45) is 0 Å². The molecule has 0 atom stereocenters. The third-order valence-electron chi connectivity index (χ3n) is 3.29. The van der Waals surface area contributed by atoms with Crippen LogP contribution in [0.1, 0.15) is 27.8 Å². The predicted molar refractivity (Wildman–Crippen MR) is 97.1 cm³/mol. The predicted octanol–water partition coefficient (Wildman–Crippen LogP) is 1.67. The van der Waals surface area contributed by atoms with Gasteiger partial charge in [0.1, 0.15) is 5.69 Å². The van der Waals surface area contributed by atoms with E-state index in [-0.39, 0.29) is 17.5 Å². The summed E-state index contributed by atoms with van der Waals surface area (Å²) in [5, 5.41) is 8.00. The molecule has 2 rings (SSSR count). The van der Waals surface area contributed by atoms with Crippen LogP contribution in [0.4, 0.5) is 11.4 Å². The van der Waals surface area contributed by atoms with Gasteiger partial charge in [-0.25, -0.2) is 0 Å². The number of pyridine rings is 1. The molecular formula is C18H20N4O4. The molecule has 8 nitrogen and oxygen atoms in total. The number of carbonyl (C=O) groups excluding carboxylic acids is 3. The van der Waals surface area contributed by atoms with Gasteiger partial charge in [0.25, 0.3) is 11.8 Å². The number of aromatic nitrogens is 1. The summed E-state index contributed by atoms with van der Waals surface area (Å²) in [6, 6.07) is 9.66. The third kappa shape index (κ3) is 5.67. The molecule has 1 aromatic carbocycles. The minimum atomic E-state index is -0.462. The fourth-order valence-corrected chi connectivity index (χ4v) is 2.14. The highest BCUT2D eigenvalue weighted by Gasteiger charge is 2.12. The Morgan fingerprint density at radius 1 is 1.04 bits per heavy atom. The van der Waals surface area contributed by atoms with Crippen LogP contribution in [-0.4, -0.2) is 43.0 Å². The average Bonchev–Trinajstić information content (AvgIpc) is 2.61. The highest BCUT2D eigenvalue weighted by Crippen LogP contribution is 2.16. The van der Waals surface area contributed by atoms with Crippen molar-refractivity contribution < 1.29 is 19.1 Å². The number of nitrogens with zero attached hydrogens (tertiary/aromatic N) is 1. The van der Waals surface area contributed by atoms with Gasteiger partial charge >= 0.3 is 0 Å². The molecule has 2 aromatic rings. The van der Waals surface area contributed by atoms with Crippen LogP contribution in [0.3, 0.4) is 0 Å². The first-order valence-corrected chi connectivity index (χ1v) is 7.92. The topological polar surface area (TPSA) is 109 Å². The summed E-state index contributed by atoms with van der Waals surface area (Å²) in [5.74, 6) is -0.981. The fraction of sp³-hybridized carbons (Fsp3) is 0.222. The number of ether oxygens (including phenoxy) is 1. The molecule has 0 radical (unpaired) electrons. The van der Waals surface area contributed by atoms with E-state index < -0.39 is 5.91 Å². The van der Waals surface area contributed by atoms with Crippen molar-refractivity contribution in [2.45, 2.75) is 6.92 Å². The van der Waals surface area contributed by atoms with Crippen molar-refractivity contribution in [3.63, 3.8) is 0 Å². The van der Waals surface area contributed by atoms with E-state index in [9.17, 15) is 14.4 Å². The lowest BCUT2D eigenvalue weighted by atomic mass is 10.2. The van der Waals surface area contributed by atoms with Crippen molar-refractivity contribution in [2.75, 3.05) is 30.9 Å². The number of rotatable bonds is 7. The molecule has 0 spiro atoms. The van der Waals surface area contributed by atoms with Gasteiger partial charge in [0.05, 0.1) is 6.61 Å². The second kappa shape index (κ2) is 9.28. The zero-order chi connectivity index (χ0) is 18.9. The van der Waals surface area contributed by atoms with Gasteiger partial charge in [-0.05, 0) is 30.3 Å². The molecule has 8 heteroatoms. The Kier molecular flexibility index (Phi) is 6.81. The Bertz CT molecular complexity index is 807. The van der Waals surface area contributed by atoms with Crippen molar-refractivity contribution in [1.82, 2.24) is 10.3 Å². The van der Waals surface area contributed by atoms with Gasteiger partial charge in [-0.3, -0.25) is 19.4 Å². The Labute approximate surface area is 151 Å². The summed E-state index contributed by atoms with van der Waals surface area (Å²) in [6.45, 7) is 2.17. The molecule has 0 saturated heterocycles. The minimum Gasteiger partial charge on any atom is -0.383 e. The molecule has 136 valence electrons. The van der Waals surface area contributed by atoms with E-state index in [4.69, 9.17) is 4.74 Å². The SMILES string of the molecule is COCCNC(=O)c1ccnc(C(=O)Nc2cccc(NC(C)=O)c2)c1. The lowest BCUT2D eigenvalue weighted by molar-refractivity contribution is -0.114. The zero-order valence-corrected chi connectivity index (χ0v) is 14.5. The second-order valence-corrected chi connectivity index (χ2v) is 5.39. The number of hydrogen-bond donors (Lipinski definition) is 3. The molecule has 0 fully saturated rings. The number of benzene rings is 1. The lowest BCUT2D eigenvalue weighted by Crippen LogP contribution is -2.27. The van der Waals surface area contributed by atoms with Crippen molar-refractivity contribution >= 4 is 29.1 Å². The monoisotopic (exact) mass is 356 g/mol. The van der Waals surface area contributed by atoms with Crippen LogP contribution in [0.2, 0.25) is 0 Å². The van der Waals surface area contributed by atoms with E-state index in [0.717, 1.165) is 0 Å². The van der Waals surface area contributed by atoms with Gasteiger partial charge in [0, 0.05) is 43.7 Å². The van der Waals surface area contributed by atoms with E-state index >= 15 is 0 Å². The maximum Gasteiger partial charge on any atom is 0.274 e. The summed E-state index contributed by atoms with van der Waals surface area (Å²) in [5.41, 5.74) is 1.50. The van der Waals surface area contributed by atoms with E-state index in [0.29, 0.717) is 30.1 Å². The molecule has 1 heterocycles. The number of nitrogens with one attached hydrogen (secondary N) is 3. The van der Waals surface area contributed by atoms with Crippen LogP contribution in [0, 0.1) is 0 Å². The molecule has 1 aromatic heterocycles. The first kappa shape index (κ1) is 19.1. The summed E-state index contributed by atoms with van der Waals surface area (Å²) in [6.07, 6.45) is 1.40. The second-order valence-electron chi connectivity index (χ2n) is 5.39. The minimum absolute atomic E-state index is 0.106. The van der Waals surface area contributed by atoms with Gasteiger partial charge in [-0.2, -0.15) is 0 Å². The normalized spacial score (nSPS) is 10.1. The maximum absolute atomic E-state index is 12.4. The molecule has 3 N–H and O–H groups in total. The molecule has 0 bridgehead atoms. The Morgan fingerprint density at radius 3 is 2.46 bits per heavy atom. The number of hydrogen-bond acceptors (Lipinski definition) is 5. The van der Waals surface area contributed by atoms with E-state index in [1.54, 1.807) is 31.4 Å². The molecule has 3 amide bonds. The fourth-order valence-electron chi connectivity index (χ4n) is 2.14. The summed E-state index contributed by atoms with van der Waals surface area (Å²) < 4.78 is 4.87. The van der Waals surface area contributed by atoms with Crippen LogP contribution in [0.15, 0.2) is 42.6 Å². The smallest absolute Gasteiger partial charge is 0.274 e. The van der Waals surface area contributed by atoms with Crippen LogP contribution >= 0.6 is 0 Å². The maximum atomic E-state index is 12.4. The van der Waals surface area contributed by atoms with Gasteiger partial charge in [0.15, 0.2) is 0 Å². The molecule has 0 aliphatic heterocycles. The van der Waals surface area contributed by atoms with Crippen LogP contribution < -0.4 is 16.0 Å².